The van der Waals surface area contributed by atoms with Crippen molar-refractivity contribution in [3.05, 3.63) is 126 Å². The van der Waals surface area contributed by atoms with Crippen LogP contribution in [0.3, 0.4) is 0 Å². The maximum absolute atomic E-state index is 7.23. The second kappa shape index (κ2) is 10.4. The zero-order valence-electron chi connectivity index (χ0n) is 22.4. The minimum Gasteiger partial charge on any atom is -0.360 e. The summed E-state index contributed by atoms with van der Waals surface area (Å²) in [6.45, 7) is 2.45. The molecule has 0 atom stereocenters. The smallest absolute Gasteiger partial charge is 0.0280 e. The summed E-state index contributed by atoms with van der Waals surface area (Å²) in [4.78, 5) is 12.9. The fourth-order valence-electron chi connectivity index (χ4n) is 4.31. The van der Waals surface area contributed by atoms with Crippen LogP contribution in [-0.4, -0.2) is 15.0 Å². The molecule has 1 aliphatic rings. The summed E-state index contributed by atoms with van der Waals surface area (Å²) >= 11 is 0. The molecule has 2 aromatic carbocycles. The Morgan fingerprint density at radius 1 is 0.743 bits per heavy atom. The van der Waals surface area contributed by atoms with E-state index in [1.165, 1.54) is 28.5 Å². The Balaban J connectivity index is 0.000000179. The Morgan fingerprint density at radius 2 is 1.54 bits per heavy atom. The Bertz CT molecular complexity index is 1520. The van der Waals surface area contributed by atoms with Crippen LogP contribution in [0.5, 0.6) is 0 Å². The molecule has 3 nitrogen and oxygen atoms in total. The molecule has 0 saturated heterocycles. The molecule has 1 radical (unpaired) electrons. The zero-order chi connectivity index (χ0) is 26.0. The van der Waals surface area contributed by atoms with Crippen molar-refractivity contribution < 1.29 is 24.2 Å². The molecule has 0 spiro atoms. The van der Waals surface area contributed by atoms with E-state index in [1.807, 2.05) is 36.7 Å². The normalized spacial score (nSPS) is 14.1. The van der Waals surface area contributed by atoms with Crippen molar-refractivity contribution >= 4 is 0 Å². The maximum Gasteiger partial charge on any atom is 0.0280 e. The number of rotatable bonds is 2. The van der Waals surface area contributed by atoms with E-state index in [0.29, 0.717) is 0 Å². The van der Waals surface area contributed by atoms with E-state index in [0.717, 1.165) is 22.5 Å². The van der Waals surface area contributed by atoms with Gasteiger partial charge < -0.3 is 15.0 Å². The average Bonchev–Trinajstić information content (AvgIpc) is 3.16. The van der Waals surface area contributed by atoms with Crippen LogP contribution < -0.4 is 0 Å². The molecule has 175 valence electrons. The van der Waals surface area contributed by atoms with Crippen molar-refractivity contribution in [2.24, 2.45) is 0 Å². The summed E-state index contributed by atoms with van der Waals surface area (Å²) in [5.41, 5.74) is 8.96. The van der Waals surface area contributed by atoms with E-state index in [2.05, 4.69) is 71.3 Å². The van der Waals surface area contributed by atoms with Crippen LogP contribution in [0.25, 0.3) is 33.6 Å². The quantitative estimate of drug-likeness (QED) is 0.195. The van der Waals surface area contributed by atoms with Gasteiger partial charge in [0.2, 0.25) is 0 Å². The van der Waals surface area contributed by atoms with Gasteiger partial charge in [-0.05, 0) is 40.5 Å². The van der Waals surface area contributed by atoms with Gasteiger partial charge in [0, 0.05) is 47.6 Å². The van der Waals surface area contributed by atoms with Crippen molar-refractivity contribution in [2.45, 2.75) is 26.1 Å². The number of fused-ring (bicyclic) bond motifs is 3. The predicted octanol–water partition coefficient (Wildman–Crippen LogP) is 7.10. The molecule has 1 aliphatic carbocycles. The first-order valence-electron chi connectivity index (χ1n) is 12.6. The SMILES string of the molecule is CC1(C)c2ccccc2-c2cnc(-c3[c-]ccnc3)cc21.[2H]C([2H])([2H])c1ccc(-c2[c-]cccc2)nc1.[Ir]. The number of aromatic nitrogens is 3. The fourth-order valence-corrected chi connectivity index (χ4v) is 4.31. The monoisotopic (exact) mass is 635 g/mol. The van der Waals surface area contributed by atoms with Gasteiger partial charge in [-0.15, -0.1) is 53.6 Å². The third-order valence-corrected chi connectivity index (χ3v) is 6.10. The number of hydrogen-bond donors (Lipinski definition) is 0. The van der Waals surface area contributed by atoms with Gasteiger partial charge in [0.15, 0.2) is 0 Å². The van der Waals surface area contributed by atoms with Crippen LogP contribution >= 0.6 is 0 Å². The zero-order valence-corrected chi connectivity index (χ0v) is 21.8. The van der Waals surface area contributed by atoms with E-state index in [4.69, 9.17) is 4.11 Å². The molecule has 0 amide bonds. The molecule has 5 aromatic rings. The Morgan fingerprint density at radius 3 is 2.26 bits per heavy atom. The van der Waals surface area contributed by atoms with E-state index in [1.54, 1.807) is 24.4 Å². The van der Waals surface area contributed by atoms with Gasteiger partial charge in [-0.25, -0.2) is 0 Å². The Hall–Kier alpha value is -3.46. The molecule has 0 bridgehead atoms. The van der Waals surface area contributed by atoms with Crippen LogP contribution in [0.1, 0.15) is 34.7 Å². The number of benzene rings is 2. The molecule has 35 heavy (non-hydrogen) atoms. The van der Waals surface area contributed by atoms with Gasteiger partial charge in [-0.3, -0.25) is 0 Å². The molecule has 0 N–H and O–H groups in total. The Labute approximate surface area is 224 Å². The second-order valence-corrected chi connectivity index (χ2v) is 8.65. The van der Waals surface area contributed by atoms with Crippen molar-refractivity contribution in [1.82, 2.24) is 15.0 Å². The largest absolute Gasteiger partial charge is 0.360 e. The number of hydrogen-bond acceptors (Lipinski definition) is 3. The first-order valence-corrected chi connectivity index (χ1v) is 11.1. The van der Waals surface area contributed by atoms with Crippen molar-refractivity contribution in [3.63, 3.8) is 0 Å². The molecule has 3 heterocycles. The van der Waals surface area contributed by atoms with E-state index >= 15 is 0 Å². The third-order valence-electron chi connectivity index (χ3n) is 6.10. The van der Waals surface area contributed by atoms with Crippen molar-refractivity contribution in [2.75, 3.05) is 0 Å². The minimum atomic E-state index is -2.09. The number of nitrogens with zero attached hydrogens (tertiary/aromatic N) is 3. The predicted molar refractivity (Wildman–Crippen MR) is 137 cm³/mol. The Kier molecular flexibility index (Phi) is 6.22. The van der Waals surface area contributed by atoms with E-state index in [9.17, 15) is 0 Å². The molecular formula is C31H25IrN3-2. The van der Waals surface area contributed by atoms with Crippen LogP contribution in [0.15, 0.2) is 97.6 Å². The standard InChI is InChI=1S/C19H15N2.C12H10N.Ir/c1-19(2)16-8-4-3-7-14(16)15-12-21-18(10-17(15)19)13-6-5-9-20-11-13;1-10-7-8-12(13-9-10)11-5-3-2-4-6-11;/h3-5,7-12H,1-2H3;2-5,7-9H,1H3;/q2*-1;/i;1D3;. The fraction of sp³-hybridized carbons (Fsp3) is 0.129. The molecule has 0 fully saturated rings. The minimum absolute atomic E-state index is 0. The van der Waals surface area contributed by atoms with Gasteiger partial charge in [0.1, 0.15) is 0 Å². The summed E-state index contributed by atoms with van der Waals surface area (Å²) < 4.78 is 21.7. The number of aryl methyl sites for hydroxylation is 1. The summed E-state index contributed by atoms with van der Waals surface area (Å²) in [6.07, 6.45) is 6.92. The summed E-state index contributed by atoms with van der Waals surface area (Å²) in [5, 5.41) is 0. The van der Waals surface area contributed by atoms with Gasteiger partial charge in [-0.2, -0.15) is 0 Å². The molecule has 0 unspecified atom stereocenters. The van der Waals surface area contributed by atoms with Crippen LogP contribution in [0.4, 0.5) is 0 Å². The summed E-state index contributed by atoms with van der Waals surface area (Å²) in [6, 6.07) is 29.6. The average molecular weight is 635 g/mol. The molecule has 4 heteroatoms. The van der Waals surface area contributed by atoms with E-state index in [-0.39, 0.29) is 31.1 Å². The third kappa shape index (κ3) is 5.00. The summed E-state index contributed by atoms with van der Waals surface area (Å²) in [7, 11) is 0. The van der Waals surface area contributed by atoms with Crippen LogP contribution in [-0.2, 0) is 25.5 Å². The first-order chi connectivity index (χ1) is 17.7. The van der Waals surface area contributed by atoms with Gasteiger partial charge in [0.25, 0.3) is 0 Å². The van der Waals surface area contributed by atoms with Crippen molar-refractivity contribution in [3.8, 4) is 33.6 Å². The van der Waals surface area contributed by atoms with Gasteiger partial charge in [-0.1, -0.05) is 68.7 Å². The van der Waals surface area contributed by atoms with Gasteiger partial charge >= 0.3 is 0 Å². The molecule has 0 aliphatic heterocycles. The van der Waals surface area contributed by atoms with Crippen molar-refractivity contribution in [1.29, 1.82) is 0 Å². The van der Waals surface area contributed by atoms with Crippen LogP contribution in [0, 0.1) is 19.0 Å². The molecule has 6 rings (SSSR count). The first kappa shape index (κ1) is 20.9. The van der Waals surface area contributed by atoms with Gasteiger partial charge in [0.05, 0.1) is 0 Å². The van der Waals surface area contributed by atoms with E-state index < -0.39 is 6.85 Å². The molecule has 3 aromatic heterocycles. The second-order valence-electron chi connectivity index (χ2n) is 8.65. The van der Waals surface area contributed by atoms with Crippen LogP contribution in [0.2, 0.25) is 0 Å². The topological polar surface area (TPSA) is 38.7 Å². The molecular weight excluding hydrogens is 607 g/mol. The summed E-state index contributed by atoms with van der Waals surface area (Å²) in [5.74, 6) is 0. The number of pyridine rings is 3. The maximum atomic E-state index is 7.23. The molecule has 0 saturated carbocycles.